The second kappa shape index (κ2) is 4.93. The van der Waals surface area contributed by atoms with Crippen molar-refractivity contribution in [1.82, 2.24) is 0 Å². The molecule has 18 heavy (non-hydrogen) atoms. The van der Waals surface area contributed by atoms with Crippen LogP contribution in [0.2, 0.25) is 0 Å². The van der Waals surface area contributed by atoms with E-state index in [1.54, 1.807) is 0 Å². The molecule has 1 aliphatic carbocycles. The van der Waals surface area contributed by atoms with Crippen LogP contribution in [0.3, 0.4) is 0 Å². The van der Waals surface area contributed by atoms with Crippen molar-refractivity contribution in [2.24, 2.45) is 5.92 Å². The first kappa shape index (κ1) is 12.0. The van der Waals surface area contributed by atoms with E-state index in [0.717, 1.165) is 17.5 Å². The van der Waals surface area contributed by atoms with Crippen molar-refractivity contribution in [2.45, 2.75) is 51.7 Å². The number of hydrogen-bond acceptors (Lipinski definition) is 2. The van der Waals surface area contributed by atoms with Crippen LogP contribution in [0.15, 0.2) is 18.2 Å². The Labute approximate surface area is 110 Å². The third-order valence-corrected chi connectivity index (χ3v) is 4.82. The van der Waals surface area contributed by atoms with Crippen LogP contribution in [0.5, 0.6) is 0 Å². The van der Waals surface area contributed by atoms with Gasteiger partial charge in [-0.15, -0.1) is 0 Å². The Kier molecular flexibility index (Phi) is 3.29. The Morgan fingerprint density at radius 3 is 2.83 bits per heavy atom. The lowest BCUT2D eigenvalue weighted by molar-refractivity contribution is 0.281. The van der Waals surface area contributed by atoms with Crippen LogP contribution in [-0.4, -0.2) is 17.7 Å². The minimum absolute atomic E-state index is 0.151. The maximum absolute atomic E-state index is 9.26. The van der Waals surface area contributed by atoms with Gasteiger partial charge in [-0.25, -0.2) is 0 Å². The summed E-state index contributed by atoms with van der Waals surface area (Å²) in [7, 11) is 0. The van der Waals surface area contributed by atoms with Gasteiger partial charge in [-0.3, -0.25) is 0 Å². The number of anilines is 1. The molecule has 1 saturated heterocycles. The molecule has 0 radical (unpaired) electrons. The average Bonchev–Trinajstić information content (AvgIpc) is 2.86. The molecule has 1 aromatic rings. The zero-order valence-corrected chi connectivity index (χ0v) is 11.2. The van der Waals surface area contributed by atoms with Crippen LogP contribution >= 0.6 is 0 Å². The van der Waals surface area contributed by atoms with Gasteiger partial charge >= 0.3 is 0 Å². The molecule has 2 atom stereocenters. The van der Waals surface area contributed by atoms with E-state index in [0.29, 0.717) is 0 Å². The summed E-state index contributed by atoms with van der Waals surface area (Å²) in [6.45, 7) is 3.46. The molecule has 2 unspecified atom stereocenters. The molecule has 0 aromatic heterocycles. The molecule has 2 aliphatic rings. The molecule has 3 rings (SSSR count). The van der Waals surface area contributed by atoms with Gasteiger partial charge in [-0.05, 0) is 61.8 Å². The molecule has 1 N–H and O–H groups in total. The van der Waals surface area contributed by atoms with E-state index in [1.165, 1.54) is 49.9 Å². The summed E-state index contributed by atoms with van der Waals surface area (Å²) in [4.78, 5) is 2.62. The highest BCUT2D eigenvalue weighted by atomic mass is 16.3. The zero-order valence-electron chi connectivity index (χ0n) is 11.2. The summed E-state index contributed by atoms with van der Waals surface area (Å²) in [5, 5.41) is 9.26. The predicted molar refractivity (Wildman–Crippen MR) is 74.8 cm³/mol. The highest BCUT2D eigenvalue weighted by Gasteiger charge is 2.34. The molecular formula is C16H23NO. The highest BCUT2D eigenvalue weighted by molar-refractivity contribution is 5.52. The largest absolute Gasteiger partial charge is 0.392 e. The van der Waals surface area contributed by atoms with Crippen molar-refractivity contribution in [3.8, 4) is 0 Å². The number of aliphatic hydroxyl groups is 1. The van der Waals surface area contributed by atoms with Gasteiger partial charge in [0.2, 0.25) is 0 Å². The summed E-state index contributed by atoms with van der Waals surface area (Å²) in [5.74, 6) is 0.927. The van der Waals surface area contributed by atoms with Gasteiger partial charge in [0.15, 0.2) is 0 Å². The number of piperidine rings is 1. The number of rotatable bonds is 2. The molecule has 0 bridgehead atoms. The molecule has 1 aliphatic heterocycles. The van der Waals surface area contributed by atoms with Crippen molar-refractivity contribution in [2.75, 3.05) is 11.4 Å². The summed E-state index contributed by atoms with van der Waals surface area (Å²) in [5.41, 5.74) is 3.63. The van der Waals surface area contributed by atoms with Gasteiger partial charge in [0.25, 0.3) is 0 Å². The Hall–Kier alpha value is -1.02. The SMILES string of the molecule is Cc1cc(N2CCCC3CCCC32)ccc1CO. The number of benzene rings is 1. The van der Waals surface area contributed by atoms with Crippen LogP contribution in [0.4, 0.5) is 5.69 Å². The summed E-state index contributed by atoms with van der Waals surface area (Å²) < 4.78 is 0. The van der Waals surface area contributed by atoms with Gasteiger partial charge in [-0.1, -0.05) is 12.5 Å². The molecule has 0 amide bonds. The summed E-state index contributed by atoms with van der Waals surface area (Å²) >= 11 is 0. The molecule has 1 saturated carbocycles. The quantitative estimate of drug-likeness (QED) is 0.864. The Bertz CT molecular complexity index is 429. The standard InChI is InChI=1S/C16H23NO/c1-12-10-15(8-7-14(12)11-18)17-9-3-5-13-4-2-6-16(13)17/h7-8,10,13,16,18H,2-6,9,11H2,1H3. The molecular weight excluding hydrogens is 222 g/mol. The van der Waals surface area contributed by atoms with Crippen LogP contribution < -0.4 is 4.90 Å². The monoisotopic (exact) mass is 245 g/mol. The lowest BCUT2D eigenvalue weighted by Gasteiger charge is -2.39. The second-order valence-electron chi connectivity index (χ2n) is 5.86. The first-order valence-corrected chi connectivity index (χ1v) is 7.26. The van der Waals surface area contributed by atoms with Gasteiger partial charge in [0, 0.05) is 18.3 Å². The number of aryl methyl sites for hydroxylation is 1. The third-order valence-electron chi connectivity index (χ3n) is 4.82. The van der Waals surface area contributed by atoms with Crippen LogP contribution in [0.25, 0.3) is 0 Å². The normalized spacial score (nSPS) is 27.3. The van der Waals surface area contributed by atoms with Crippen LogP contribution in [0.1, 0.15) is 43.2 Å². The predicted octanol–water partition coefficient (Wildman–Crippen LogP) is 3.26. The fourth-order valence-corrected chi connectivity index (χ4v) is 3.81. The number of hydrogen-bond donors (Lipinski definition) is 1. The highest BCUT2D eigenvalue weighted by Crippen LogP contribution is 2.39. The molecule has 2 fully saturated rings. The number of aliphatic hydroxyl groups excluding tert-OH is 1. The number of nitrogens with zero attached hydrogens (tertiary/aromatic N) is 1. The van der Waals surface area contributed by atoms with E-state index < -0.39 is 0 Å². The van der Waals surface area contributed by atoms with E-state index in [9.17, 15) is 5.11 Å². The van der Waals surface area contributed by atoms with E-state index >= 15 is 0 Å². The van der Waals surface area contributed by atoms with Gasteiger partial charge < -0.3 is 10.0 Å². The molecule has 2 heteroatoms. The van der Waals surface area contributed by atoms with Crippen molar-refractivity contribution < 1.29 is 5.11 Å². The first-order valence-electron chi connectivity index (χ1n) is 7.26. The Morgan fingerprint density at radius 1 is 1.22 bits per heavy atom. The fraction of sp³-hybridized carbons (Fsp3) is 0.625. The van der Waals surface area contributed by atoms with E-state index in [4.69, 9.17) is 0 Å². The lowest BCUT2D eigenvalue weighted by Crippen LogP contribution is -2.42. The van der Waals surface area contributed by atoms with Crippen LogP contribution in [-0.2, 0) is 6.61 Å². The van der Waals surface area contributed by atoms with E-state index in [-0.39, 0.29) is 6.61 Å². The van der Waals surface area contributed by atoms with Gasteiger partial charge in [0.1, 0.15) is 0 Å². The lowest BCUT2D eigenvalue weighted by atomic mass is 9.91. The maximum atomic E-state index is 9.26. The number of fused-ring (bicyclic) bond motifs is 1. The smallest absolute Gasteiger partial charge is 0.0684 e. The second-order valence-corrected chi connectivity index (χ2v) is 5.86. The minimum atomic E-state index is 0.151. The van der Waals surface area contributed by atoms with Crippen molar-refractivity contribution in [3.05, 3.63) is 29.3 Å². The molecule has 0 spiro atoms. The summed E-state index contributed by atoms with van der Waals surface area (Å²) in [6.07, 6.45) is 6.96. The molecule has 98 valence electrons. The van der Waals surface area contributed by atoms with Crippen molar-refractivity contribution in [1.29, 1.82) is 0 Å². The van der Waals surface area contributed by atoms with Crippen LogP contribution in [0, 0.1) is 12.8 Å². The summed E-state index contributed by atoms with van der Waals surface area (Å²) in [6, 6.07) is 7.31. The van der Waals surface area contributed by atoms with Crippen molar-refractivity contribution in [3.63, 3.8) is 0 Å². The Balaban J connectivity index is 1.87. The van der Waals surface area contributed by atoms with E-state index in [2.05, 4.69) is 30.0 Å². The van der Waals surface area contributed by atoms with Gasteiger partial charge in [0.05, 0.1) is 6.61 Å². The first-order chi connectivity index (χ1) is 8.79. The molecule has 1 aromatic carbocycles. The Morgan fingerprint density at radius 2 is 2.06 bits per heavy atom. The fourth-order valence-electron chi connectivity index (χ4n) is 3.81. The maximum Gasteiger partial charge on any atom is 0.0684 e. The molecule has 1 heterocycles. The third kappa shape index (κ3) is 2.03. The van der Waals surface area contributed by atoms with E-state index in [1.807, 2.05) is 0 Å². The zero-order chi connectivity index (χ0) is 12.5. The molecule has 2 nitrogen and oxygen atoms in total. The minimum Gasteiger partial charge on any atom is -0.392 e. The van der Waals surface area contributed by atoms with Gasteiger partial charge in [-0.2, -0.15) is 0 Å². The topological polar surface area (TPSA) is 23.5 Å². The van der Waals surface area contributed by atoms with Crippen molar-refractivity contribution >= 4 is 5.69 Å². The average molecular weight is 245 g/mol.